The molecule has 1 aliphatic rings. The highest BCUT2D eigenvalue weighted by molar-refractivity contribution is 5.01. The molecule has 0 aromatic rings. The second kappa shape index (κ2) is 4.87. The molecule has 1 aliphatic heterocycles. The van der Waals surface area contributed by atoms with Crippen LogP contribution in [0.5, 0.6) is 0 Å². The molecule has 3 heteroatoms. The van der Waals surface area contributed by atoms with Gasteiger partial charge in [0.05, 0.1) is 17.3 Å². The van der Waals surface area contributed by atoms with Crippen molar-refractivity contribution in [1.29, 1.82) is 0 Å². The van der Waals surface area contributed by atoms with Gasteiger partial charge < -0.3 is 15.2 Å². The number of hydrogen-bond acceptors (Lipinski definition) is 3. The van der Waals surface area contributed by atoms with Crippen molar-refractivity contribution < 1.29 is 9.47 Å². The summed E-state index contributed by atoms with van der Waals surface area (Å²) < 4.78 is 11.7. The molecule has 17 heavy (non-hydrogen) atoms. The predicted octanol–water partition coefficient (Wildman–Crippen LogP) is 2.58. The van der Waals surface area contributed by atoms with Gasteiger partial charge >= 0.3 is 0 Å². The van der Waals surface area contributed by atoms with Gasteiger partial charge in [-0.1, -0.05) is 13.8 Å². The van der Waals surface area contributed by atoms with Crippen molar-refractivity contribution >= 4 is 0 Å². The molecular weight excluding hydrogens is 214 g/mol. The third-order valence-electron chi connectivity index (χ3n) is 3.92. The van der Waals surface area contributed by atoms with Crippen LogP contribution >= 0.6 is 0 Å². The predicted molar refractivity (Wildman–Crippen MR) is 71.0 cm³/mol. The molecule has 0 saturated carbocycles. The fourth-order valence-electron chi connectivity index (χ4n) is 3.31. The van der Waals surface area contributed by atoms with E-state index in [0.29, 0.717) is 11.8 Å². The zero-order valence-corrected chi connectivity index (χ0v) is 12.4. The van der Waals surface area contributed by atoms with Gasteiger partial charge in [-0.3, -0.25) is 0 Å². The molecule has 0 bridgehead atoms. The Morgan fingerprint density at radius 1 is 1.24 bits per heavy atom. The number of nitrogens with two attached hydrogens (primary N) is 1. The van der Waals surface area contributed by atoms with E-state index in [0.717, 1.165) is 6.42 Å². The van der Waals surface area contributed by atoms with Gasteiger partial charge in [0.2, 0.25) is 0 Å². The monoisotopic (exact) mass is 243 g/mol. The molecule has 1 saturated heterocycles. The molecule has 0 aliphatic carbocycles. The van der Waals surface area contributed by atoms with Crippen LogP contribution in [-0.4, -0.2) is 30.5 Å². The normalized spacial score (nSPS) is 30.5. The second-order valence-electron chi connectivity index (χ2n) is 6.80. The molecule has 3 unspecified atom stereocenters. The highest BCUT2D eigenvalue weighted by atomic mass is 16.5. The molecule has 3 atom stereocenters. The summed E-state index contributed by atoms with van der Waals surface area (Å²) in [5, 5.41) is 0. The molecular formula is C14H29NO2. The van der Waals surface area contributed by atoms with E-state index in [1.54, 1.807) is 7.11 Å². The lowest BCUT2D eigenvalue weighted by molar-refractivity contribution is -0.0840. The van der Waals surface area contributed by atoms with Crippen molar-refractivity contribution in [2.75, 3.05) is 7.11 Å². The van der Waals surface area contributed by atoms with E-state index in [-0.39, 0.29) is 23.3 Å². The van der Waals surface area contributed by atoms with E-state index in [1.807, 2.05) is 0 Å². The van der Waals surface area contributed by atoms with Crippen LogP contribution in [0.25, 0.3) is 0 Å². The van der Waals surface area contributed by atoms with E-state index in [4.69, 9.17) is 15.2 Å². The van der Waals surface area contributed by atoms with Gasteiger partial charge in [0.25, 0.3) is 0 Å². The van der Waals surface area contributed by atoms with Crippen molar-refractivity contribution in [3.63, 3.8) is 0 Å². The maximum absolute atomic E-state index is 6.43. The number of rotatable bonds is 4. The van der Waals surface area contributed by atoms with Crippen molar-refractivity contribution in [3.05, 3.63) is 0 Å². The van der Waals surface area contributed by atoms with Crippen LogP contribution in [0, 0.1) is 11.8 Å². The summed E-state index contributed by atoms with van der Waals surface area (Å²) >= 11 is 0. The van der Waals surface area contributed by atoms with E-state index >= 15 is 0 Å². The summed E-state index contributed by atoms with van der Waals surface area (Å²) in [6.45, 7) is 12.9. The third kappa shape index (κ3) is 3.21. The summed E-state index contributed by atoms with van der Waals surface area (Å²) in [7, 11) is 1.75. The van der Waals surface area contributed by atoms with Gasteiger partial charge in [-0.2, -0.15) is 0 Å². The minimum absolute atomic E-state index is 0.0248. The molecule has 102 valence electrons. The molecule has 1 fully saturated rings. The maximum atomic E-state index is 6.43. The van der Waals surface area contributed by atoms with E-state index in [9.17, 15) is 0 Å². The molecule has 0 radical (unpaired) electrons. The Hall–Kier alpha value is -0.120. The standard InChI is InChI=1S/C14H29NO2/c1-9(2)12(16-7)11(15)10-8-13(3,4)17-14(10,5)6/h9-12H,8,15H2,1-7H3. The zero-order valence-electron chi connectivity index (χ0n) is 12.4. The Morgan fingerprint density at radius 2 is 1.76 bits per heavy atom. The largest absolute Gasteiger partial charge is 0.380 e. The highest BCUT2D eigenvalue weighted by Gasteiger charge is 2.50. The molecule has 3 nitrogen and oxygen atoms in total. The number of methoxy groups -OCH3 is 1. The van der Waals surface area contributed by atoms with Gasteiger partial charge in [-0.25, -0.2) is 0 Å². The van der Waals surface area contributed by atoms with Crippen molar-refractivity contribution in [3.8, 4) is 0 Å². The lowest BCUT2D eigenvalue weighted by Gasteiger charge is -2.36. The van der Waals surface area contributed by atoms with E-state index in [1.165, 1.54) is 0 Å². The highest BCUT2D eigenvalue weighted by Crippen LogP contribution is 2.44. The Morgan fingerprint density at radius 3 is 2.06 bits per heavy atom. The van der Waals surface area contributed by atoms with E-state index in [2.05, 4.69) is 41.5 Å². The van der Waals surface area contributed by atoms with Gasteiger partial charge in [0.15, 0.2) is 0 Å². The molecule has 0 amide bonds. The first-order chi connectivity index (χ1) is 7.60. The Labute approximate surface area is 106 Å². The fraction of sp³-hybridized carbons (Fsp3) is 1.00. The minimum atomic E-state index is -0.172. The molecule has 1 heterocycles. The van der Waals surface area contributed by atoms with Gasteiger partial charge in [0, 0.05) is 19.1 Å². The van der Waals surface area contributed by atoms with Crippen molar-refractivity contribution in [2.45, 2.75) is 71.3 Å². The molecule has 0 spiro atoms. The van der Waals surface area contributed by atoms with Crippen LogP contribution < -0.4 is 5.73 Å². The topological polar surface area (TPSA) is 44.5 Å². The molecule has 0 aromatic heterocycles. The smallest absolute Gasteiger partial charge is 0.0748 e. The SMILES string of the molecule is COC(C(C)C)C(N)C1CC(C)(C)OC1(C)C. The van der Waals surface area contributed by atoms with Crippen molar-refractivity contribution in [1.82, 2.24) is 0 Å². The van der Waals surface area contributed by atoms with Crippen LogP contribution in [0.15, 0.2) is 0 Å². The maximum Gasteiger partial charge on any atom is 0.0748 e. The first-order valence-electron chi connectivity index (χ1n) is 6.59. The first-order valence-corrected chi connectivity index (χ1v) is 6.59. The Kier molecular flexibility index (Phi) is 4.28. The van der Waals surface area contributed by atoms with Crippen LogP contribution in [-0.2, 0) is 9.47 Å². The summed E-state index contributed by atoms with van der Waals surface area (Å²) in [4.78, 5) is 0. The van der Waals surface area contributed by atoms with E-state index < -0.39 is 0 Å². The van der Waals surface area contributed by atoms with Gasteiger partial charge in [-0.05, 0) is 40.0 Å². The lowest BCUT2D eigenvalue weighted by Crippen LogP contribution is -2.50. The number of hydrogen-bond donors (Lipinski definition) is 1. The molecule has 1 rings (SSSR count). The Balaban J connectivity index is 2.85. The lowest BCUT2D eigenvalue weighted by atomic mass is 9.78. The Bertz CT molecular complexity index is 261. The van der Waals surface area contributed by atoms with Crippen LogP contribution in [0.2, 0.25) is 0 Å². The third-order valence-corrected chi connectivity index (χ3v) is 3.92. The average molecular weight is 243 g/mol. The van der Waals surface area contributed by atoms with Crippen LogP contribution in [0.1, 0.15) is 48.0 Å². The van der Waals surface area contributed by atoms with Crippen molar-refractivity contribution in [2.24, 2.45) is 17.6 Å². The number of ether oxygens (including phenoxy) is 2. The zero-order chi connectivity index (χ0) is 13.4. The summed E-state index contributed by atoms with van der Waals surface area (Å²) in [5.74, 6) is 0.763. The summed E-state index contributed by atoms with van der Waals surface area (Å²) in [5.41, 5.74) is 6.17. The van der Waals surface area contributed by atoms with Gasteiger partial charge in [-0.15, -0.1) is 0 Å². The summed E-state index contributed by atoms with van der Waals surface area (Å²) in [6.07, 6.45) is 1.09. The molecule has 0 aromatic carbocycles. The fourth-order valence-corrected chi connectivity index (χ4v) is 3.31. The van der Waals surface area contributed by atoms with Crippen LogP contribution in [0.3, 0.4) is 0 Å². The minimum Gasteiger partial charge on any atom is -0.380 e. The summed E-state index contributed by atoms with van der Waals surface area (Å²) in [6, 6.07) is 0.0248. The molecule has 2 N–H and O–H groups in total. The quantitative estimate of drug-likeness (QED) is 0.825. The van der Waals surface area contributed by atoms with Crippen LogP contribution in [0.4, 0.5) is 0 Å². The first kappa shape index (κ1) is 14.9. The second-order valence-corrected chi connectivity index (χ2v) is 6.80. The van der Waals surface area contributed by atoms with Gasteiger partial charge in [0.1, 0.15) is 0 Å². The average Bonchev–Trinajstić information content (AvgIpc) is 2.34.